The van der Waals surface area contributed by atoms with Gasteiger partial charge < -0.3 is 36.1 Å². The van der Waals surface area contributed by atoms with Crippen molar-refractivity contribution >= 4 is 47.1 Å². The predicted octanol–water partition coefficient (Wildman–Crippen LogP) is -0.00410. The summed E-state index contributed by atoms with van der Waals surface area (Å²) < 4.78 is 46.6. The van der Waals surface area contributed by atoms with Crippen molar-refractivity contribution in [2.45, 2.75) is 37.1 Å². The first-order valence-corrected chi connectivity index (χ1v) is 14.3. The van der Waals surface area contributed by atoms with Crippen LogP contribution in [0.2, 0.25) is 0 Å². The number of nitrogens with one attached hydrogen (secondary N) is 1. The van der Waals surface area contributed by atoms with Crippen molar-refractivity contribution in [1.82, 2.24) is 9.80 Å². The zero-order valence-electron chi connectivity index (χ0n) is 23.5. The minimum Gasteiger partial charge on any atom is -0.542 e. The zero-order valence-corrected chi connectivity index (χ0v) is 24.3. The predicted molar refractivity (Wildman–Crippen MR) is 148 cm³/mol. The van der Waals surface area contributed by atoms with Gasteiger partial charge >= 0.3 is 12.1 Å². The van der Waals surface area contributed by atoms with E-state index in [0.717, 1.165) is 17.7 Å². The fourth-order valence-corrected chi connectivity index (χ4v) is 5.94. The van der Waals surface area contributed by atoms with Crippen LogP contribution in [0.4, 0.5) is 23.2 Å². The highest BCUT2D eigenvalue weighted by Gasteiger charge is 2.51. The highest BCUT2D eigenvalue weighted by Crippen LogP contribution is 2.40. The van der Waals surface area contributed by atoms with Crippen LogP contribution in [-0.2, 0) is 37.1 Å². The second-order valence-corrected chi connectivity index (χ2v) is 11.2. The maximum atomic E-state index is 13.5. The van der Waals surface area contributed by atoms with Crippen LogP contribution in [0.1, 0.15) is 12.0 Å². The third-order valence-electron chi connectivity index (χ3n) is 6.93. The van der Waals surface area contributed by atoms with E-state index in [2.05, 4.69) is 5.32 Å². The number of pyridine rings is 1. The van der Waals surface area contributed by atoms with Gasteiger partial charge in [-0.05, 0) is 35.8 Å². The summed E-state index contributed by atoms with van der Waals surface area (Å²) in [6.45, 7) is 0.768. The summed E-state index contributed by atoms with van der Waals surface area (Å²) in [6, 6.07) is 6.42. The smallest absolute Gasteiger partial charge is 0.430 e. The number of carboxylic acids is 2. The average Bonchev–Trinajstić information content (AvgIpc) is 3.33. The molecule has 2 saturated heterocycles. The van der Waals surface area contributed by atoms with E-state index in [1.165, 1.54) is 22.7 Å². The molecule has 0 aliphatic carbocycles. The number of phenols is 1. The van der Waals surface area contributed by atoms with Crippen molar-refractivity contribution in [2.24, 2.45) is 5.73 Å². The van der Waals surface area contributed by atoms with E-state index in [4.69, 9.17) is 15.6 Å². The maximum Gasteiger partial charge on any atom is 0.430 e. The molecule has 3 aliphatic rings. The lowest BCUT2D eigenvalue weighted by Gasteiger charge is -2.47. The van der Waals surface area contributed by atoms with Crippen LogP contribution < -0.4 is 20.7 Å². The van der Waals surface area contributed by atoms with E-state index in [1.54, 1.807) is 40.1 Å². The van der Waals surface area contributed by atoms with Gasteiger partial charge in [0.05, 0.1) is 0 Å². The summed E-state index contributed by atoms with van der Waals surface area (Å²) in [4.78, 5) is 61.0. The minimum atomic E-state index is -5.19. The van der Waals surface area contributed by atoms with Crippen LogP contribution in [-0.4, -0.2) is 79.6 Å². The number of hydrogen-bond donors (Lipinski definition) is 4. The molecule has 1 aromatic carbocycles. The summed E-state index contributed by atoms with van der Waals surface area (Å²) in [5, 5.41) is 29.9. The number of amides is 3. The van der Waals surface area contributed by atoms with Crippen molar-refractivity contribution in [3.8, 4) is 5.75 Å². The summed E-state index contributed by atoms with van der Waals surface area (Å²) in [7, 11) is 0. The van der Waals surface area contributed by atoms with Gasteiger partial charge in [-0.15, -0.1) is 11.8 Å². The number of nitrogens with two attached hydrogens (primary N) is 1. The molecule has 0 bridgehead atoms. The second-order valence-electron chi connectivity index (χ2n) is 10.1. The van der Waals surface area contributed by atoms with Crippen molar-refractivity contribution in [2.75, 3.05) is 17.6 Å². The van der Waals surface area contributed by atoms with Crippen molar-refractivity contribution in [1.29, 1.82) is 0 Å². The number of anilines is 1. The summed E-state index contributed by atoms with van der Waals surface area (Å²) in [6.07, 6.45) is 0.224. The number of β-lactam (4-membered cyclic amide) rings is 1. The molecule has 0 unspecified atom stereocenters. The molecule has 2 atom stereocenters. The molecular formula is C28H25F4N5O8S. The standard InChI is InChI=1S/C26H24FN5O6S.C2HF3O2/c27-18-10-17(1-2-19(18)33)29-20(34)12-30-6-3-14(4-7-30)11-31-8-5-15(23(31)35)9-16-13-39-25-21(28)24(36)32(25)22(16)26(37)38;3-2(4,5)1(6)7/h1-4,6-7,9-10,21,25H,5,8,11-13,28H2,(H2-,29,33,34,37,38);(H,6,7)/t21-,25-;/m1./s1. The fraction of sp³-hybridized carbons (Fsp3) is 0.286. The first-order chi connectivity index (χ1) is 21.6. The molecule has 1 aromatic heterocycles. The number of aromatic nitrogens is 1. The summed E-state index contributed by atoms with van der Waals surface area (Å²) >= 11 is 1.38. The maximum absolute atomic E-state index is 13.5. The molecule has 2 aromatic rings. The van der Waals surface area contributed by atoms with Gasteiger partial charge in [0.25, 0.3) is 5.91 Å². The summed E-state index contributed by atoms with van der Waals surface area (Å²) in [5.74, 6) is -6.25. The number of thioether (sulfide) groups is 1. The Balaban J connectivity index is 0.000000617. The number of halogens is 4. The number of carboxylic acid groups (broad SMARTS) is 2. The first-order valence-electron chi connectivity index (χ1n) is 13.3. The Hall–Kier alpha value is -4.97. The van der Waals surface area contributed by atoms with Crippen LogP contribution in [0.5, 0.6) is 5.75 Å². The Morgan fingerprint density at radius 1 is 1.17 bits per heavy atom. The molecule has 13 nitrogen and oxygen atoms in total. The van der Waals surface area contributed by atoms with Gasteiger partial charge in [0.1, 0.15) is 23.1 Å². The molecule has 3 amide bonds. The molecule has 4 heterocycles. The SMILES string of the molecule is N[C@@H]1C(=O)N2C(C(=O)O)=C(C=C3CCN(Cc4cc[n+](CC(=O)Nc5ccc(O)c(F)c5)cc4)C3=O)CS[C@H]12.O=C([O-])C(F)(F)F. The van der Waals surface area contributed by atoms with Gasteiger partial charge in [-0.3, -0.25) is 19.3 Å². The van der Waals surface area contributed by atoms with E-state index >= 15 is 0 Å². The molecule has 0 radical (unpaired) electrons. The third kappa shape index (κ3) is 7.63. The Bertz CT molecular complexity index is 1650. The van der Waals surface area contributed by atoms with E-state index in [1.807, 2.05) is 0 Å². The number of benzene rings is 1. The Kier molecular flexibility index (Phi) is 10.0. The molecule has 244 valence electrons. The van der Waals surface area contributed by atoms with E-state index in [9.17, 15) is 47.0 Å². The number of fused-ring (bicyclic) bond motifs is 1. The molecule has 2 fully saturated rings. The van der Waals surface area contributed by atoms with Crippen molar-refractivity contribution < 1.29 is 61.4 Å². The molecule has 0 spiro atoms. The molecule has 5 rings (SSSR count). The number of nitrogens with zero attached hydrogens (tertiary/aromatic N) is 3. The number of alkyl halides is 3. The van der Waals surface area contributed by atoms with E-state index in [0.29, 0.717) is 36.4 Å². The number of carbonyl (C=O) groups is 5. The molecular weight excluding hydrogens is 642 g/mol. The monoisotopic (exact) mass is 667 g/mol. The highest BCUT2D eigenvalue weighted by atomic mass is 32.2. The largest absolute Gasteiger partial charge is 0.542 e. The van der Waals surface area contributed by atoms with Crippen molar-refractivity contribution in [3.05, 3.63) is 77.0 Å². The van der Waals surface area contributed by atoms with Gasteiger partial charge in [0, 0.05) is 48.3 Å². The third-order valence-corrected chi connectivity index (χ3v) is 8.25. The van der Waals surface area contributed by atoms with Gasteiger partial charge in [0.2, 0.25) is 18.4 Å². The lowest BCUT2D eigenvalue weighted by atomic mass is 10.0. The van der Waals surface area contributed by atoms with Gasteiger partial charge in [0.15, 0.2) is 24.0 Å². The Morgan fingerprint density at radius 3 is 2.41 bits per heavy atom. The highest BCUT2D eigenvalue weighted by molar-refractivity contribution is 8.00. The van der Waals surface area contributed by atoms with E-state index in [-0.39, 0.29) is 29.7 Å². The van der Waals surface area contributed by atoms with Gasteiger partial charge in [-0.25, -0.2) is 9.18 Å². The zero-order chi connectivity index (χ0) is 33.9. The molecule has 5 N–H and O–H groups in total. The van der Waals surface area contributed by atoms with E-state index < -0.39 is 47.0 Å². The normalized spacial score (nSPS) is 20.2. The number of aromatic hydroxyl groups is 1. The number of rotatable bonds is 7. The van der Waals surface area contributed by atoms with Crippen LogP contribution in [0.3, 0.4) is 0 Å². The number of likely N-dealkylation sites (tertiary alicyclic amines) is 1. The summed E-state index contributed by atoms with van der Waals surface area (Å²) in [5.41, 5.74) is 7.64. The Morgan fingerprint density at radius 2 is 1.83 bits per heavy atom. The van der Waals surface area contributed by atoms with Gasteiger partial charge in [-0.1, -0.05) is 0 Å². The van der Waals surface area contributed by atoms with Crippen molar-refractivity contribution in [3.63, 3.8) is 0 Å². The number of phenolic OH excluding ortho intramolecular Hbond substituents is 1. The molecule has 0 saturated carbocycles. The van der Waals surface area contributed by atoms with Crippen LogP contribution in [0.25, 0.3) is 0 Å². The average molecular weight is 668 g/mol. The number of carbonyl (C=O) groups excluding carboxylic acids is 4. The van der Waals surface area contributed by atoms with Crippen LogP contribution in [0.15, 0.2) is 65.6 Å². The molecule has 18 heteroatoms. The lowest BCUT2D eigenvalue weighted by Crippen LogP contribution is -2.68. The second kappa shape index (κ2) is 13.6. The lowest BCUT2D eigenvalue weighted by molar-refractivity contribution is -0.684. The number of hydrogen-bond acceptors (Lipinski definition) is 9. The van der Waals surface area contributed by atoms with Gasteiger partial charge in [-0.2, -0.15) is 17.7 Å². The Labute approximate surface area is 261 Å². The fourth-order valence-electron chi connectivity index (χ4n) is 4.68. The molecule has 3 aliphatic heterocycles. The van der Waals surface area contributed by atoms with Crippen LogP contribution in [0, 0.1) is 5.82 Å². The minimum absolute atomic E-state index is 0.0252. The van der Waals surface area contributed by atoms with Crippen LogP contribution >= 0.6 is 11.8 Å². The molecule has 46 heavy (non-hydrogen) atoms. The quantitative estimate of drug-likeness (QED) is 0.103. The first kappa shape index (κ1) is 33.9. The number of allylic oxidation sites excluding steroid dienone is 1. The number of aliphatic carboxylic acids is 2. The topological polar surface area (TPSA) is 197 Å².